The summed E-state index contributed by atoms with van der Waals surface area (Å²) in [7, 11) is 0. The van der Waals surface area contributed by atoms with Gasteiger partial charge >= 0.3 is 6.09 Å². The second-order valence-electron chi connectivity index (χ2n) is 5.78. The van der Waals surface area contributed by atoms with Gasteiger partial charge in [-0.2, -0.15) is 0 Å². The van der Waals surface area contributed by atoms with E-state index in [1.165, 1.54) is 12.1 Å². The summed E-state index contributed by atoms with van der Waals surface area (Å²) in [6, 6.07) is 2.62. The number of nitrogens with one attached hydrogen (secondary N) is 1. The van der Waals surface area contributed by atoms with Crippen LogP contribution in [-0.2, 0) is 16.9 Å². The van der Waals surface area contributed by atoms with Gasteiger partial charge in [-0.3, -0.25) is 5.32 Å². The molecule has 1 amide bonds. The van der Waals surface area contributed by atoms with Crippen molar-refractivity contribution in [2.75, 3.05) is 5.32 Å². The number of ether oxygens (including phenoxy) is 1. The predicted octanol–water partition coefficient (Wildman–Crippen LogP) is 3.66. The van der Waals surface area contributed by atoms with Crippen molar-refractivity contribution in [1.29, 1.82) is 0 Å². The molecule has 1 aromatic carbocycles. The van der Waals surface area contributed by atoms with E-state index in [2.05, 4.69) is 17.2 Å². The number of aliphatic hydroxyl groups excluding tert-OH is 1. The van der Waals surface area contributed by atoms with Crippen molar-refractivity contribution in [2.45, 2.75) is 37.9 Å². The van der Waals surface area contributed by atoms with Crippen LogP contribution >= 0.6 is 11.6 Å². The van der Waals surface area contributed by atoms with Gasteiger partial charge in [-0.25, -0.2) is 13.6 Å². The molecule has 0 unspecified atom stereocenters. The van der Waals surface area contributed by atoms with Crippen molar-refractivity contribution in [1.82, 2.24) is 0 Å². The summed E-state index contributed by atoms with van der Waals surface area (Å²) >= 11 is 6.03. The average molecular weight is 342 g/mol. The van der Waals surface area contributed by atoms with E-state index in [9.17, 15) is 18.7 Å². The minimum atomic E-state index is -3.44. The average Bonchev–Trinajstić information content (AvgIpc) is 3.27. The maximum atomic E-state index is 14.4. The van der Waals surface area contributed by atoms with Crippen LogP contribution in [-0.4, -0.2) is 17.1 Å². The van der Waals surface area contributed by atoms with Gasteiger partial charge in [0.15, 0.2) is 0 Å². The number of carbonyl (C=O) groups excluding carboxylic acids is 1. The van der Waals surface area contributed by atoms with Gasteiger partial charge in [0.05, 0.1) is 12.3 Å². The number of fused-ring (bicyclic) bond motifs is 1. The van der Waals surface area contributed by atoms with Crippen LogP contribution in [0.1, 0.15) is 30.9 Å². The Bertz CT molecular complexity index is 731. The zero-order chi connectivity index (χ0) is 16.8. The van der Waals surface area contributed by atoms with Crippen LogP contribution in [0, 0.1) is 17.8 Å². The fourth-order valence-corrected chi connectivity index (χ4v) is 2.65. The molecule has 0 radical (unpaired) electrons. The molecule has 0 bridgehead atoms. The molecule has 1 aliphatic heterocycles. The number of amides is 1. The number of hydrogen-bond acceptors (Lipinski definition) is 3. The molecule has 1 aliphatic carbocycles. The first-order valence-corrected chi connectivity index (χ1v) is 7.49. The number of carbonyl (C=O) groups is 1. The molecule has 4 nitrogen and oxygen atoms in total. The van der Waals surface area contributed by atoms with Gasteiger partial charge in [-0.1, -0.05) is 17.5 Å². The Kier molecular flexibility index (Phi) is 3.74. The number of hydrogen-bond donors (Lipinski definition) is 2. The minimum Gasteiger partial charge on any atom is -0.418 e. The molecule has 0 saturated heterocycles. The lowest BCUT2D eigenvalue weighted by molar-refractivity contribution is -0.142. The lowest BCUT2D eigenvalue weighted by Crippen LogP contribution is -2.50. The van der Waals surface area contributed by atoms with Crippen LogP contribution in [0.3, 0.4) is 0 Å². The number of alkyl halides is 2. The van der Waals surface area contributed by atoms with Gasteiger partial charge in [0.2, 0.25) is 0 Å². The Morgan fingerprint density at radius 2 is 2.22 bits per heavy atom. The Morgan fingerprint density at radius 1 is 1.52 bits per heavy atom. The molecule has 23 heavy (non-hydrogen) atoms. The quantitative estimate of drug-likeness (QED) is 0.807. The third-order valence-corrected chi connectivity index (χ3v) is 4.22. The Morgan fingerprint density at radius 3 is 2.78 bits per heavy atom. The second-order valence-corrected chi connectivity index (χ2v) is 6.18. The molecule has 1 fully saturated rings. The molecular formula is C16H14ClF2NO3. The highest BCUT2D eigenvalue weighted by Crippen LogP contribution is 2.48. The molecule has 1 saturated carbocycles. The Hall–Kier alpha value is -1.84. The first-order valence-electron chi connectivity index (χ1n) is 7.11. The molecule has 7 heteroatoms. The largest absolute Gasteiger partial charge is 0.418 e. The molecule has 3 rings (SSSR count). The predicted molar refractivity (Wildman–Crippen MR) is 80.3 cm³/mol. The van der Waals surface area contributed by atoms with Crippen LogP contribution in [0.5, 0.6) is 0 Å². The SMILES string of the molecule is CC(F)(F)[C@]1(C#CC2CC2)OC(=O)Nc2cc(CO)c(Cl)cc21. The van der Waals surface area contributed by atoms with Gasteiger partial charge in [0.1, 0.15) is 0 Å². The first-order chi connectivity index (χ1) is 10.8. The van der Waals surface area contributed by atoms with Crippen molar-refractivity contribution in [2.24, 2.45) is 5.92 Å². The van der Waals surface area contributed by atoms with Crippen molar-refractivity contribution >= 4 is 23.4 Å². The van der Waals surface area contributed by atoms with Gasteiger partial charge in [-0.05, 0) is 36.5 Å². The maximum absolute atomic E-state index is 14.4. The summed E-state index contributed by atoms with van der Waals surface area (Å²) in [5, 5.41) is 11.7. The van der Waals surface area contributed by atoms with E-state index in [-0.39, 0.29) is 28.8 Å². The summed E-state index contributed by atoms with van der Waals surface area (Å²) in [5.74, 6) is 1.85. The molecule has 122 valence electrons. The minimum absolute atomic E-state index is 0.0139. The van der Waals surface area contributed by atoms with E-state index in [1.54, 1.807) is 0 Å². The standard InChI is InChI=1S/C16H14ClF2NO3/c1-15(18,19)16(5-4-9-2-3-9)11-7-12(17)10(8-21)6-13(11)20-14(22)23-16/h6-7,9,21H,2-3,8H2,1H3,(H,20,22)/t16-/m1/s1. The molecule has 1 atom stereocenters. The van der Waals surface area contributed by atoms with Crippen LogP contribution in [0.4, 0.5) is 19.3 Å². The highest BCUT2D eigenvalue weighted by Gasteiger charge is 2.57. The highest BCUT2D eigenvalue weighted by atomic mass is 35.5. The Labute approximate surface area is 136 Å². The van der Waals surface area contributed by atoms with Gasteiger partial charge < -0.3 is 9.84 Å². The normalized spacial score (nSPS) is 23.3. The summed E-state index contributed by atoms with van der Waals surface area (Å²) in [4.78, 5) is 11.8. The van der Waals surface area contributed by atoms with Crippen molar-refractivity contribution in [3.63, 3.8) is 0 Å². The number of rotatable bonds is 2. The number of halogens is 3. The molecular weight excluding hydrogens is 328 g/mol. The molecule has 0 aromatic heterocycles. The first kappa shape index (κ1) is 16.0. The van der Waals surface area contributed by atoms with Crippen LogP contribution < -0.4 is 5.32 Å². The summed E-state index contributed by atoms with van der Waals surface area (Å²) < 4.78 is 33.8. The number of aliphatic hydroxyl groups is 1. The monoisotopic (exact) mass is 341 g/mol. The molecule has 1 aromatic rings. The Balaban J connectivity index is 2.23. The van der Waals surface area contributed by atoms with E-state index in [1.807, 2.05) is 0 Å². The lowest BCUT2D eigenvalue weighted by Gasteiger charge is -2.38. The van der Waals surface area contributed by atoms with Crippen molar-refractivity contribution in [3.05, 3.63) is 28.3 Å². The molecule has 1 heterocycles. The van der Waals surface area contributed by atoms with Crippen LogP contribution in [0.25, 0.3) is 0 Å². The fourth-order valence-electron chi connectivity index (χ4n) is 2.42. The van der Waals surface area contributed by atoms with Crippen molar-refractivity contribution < 1.29 is 23.4 Å². The van der Waals surface area contributed by atoms with Gasteiger partial charge in [0, 0.05) is 23.4 Å². The molecule has 0 spiro atoms. The highest BCUT2D eigenvalue weighted by molar-refractivity contribution is 6.31. The van der Waals surface area contributed by atoms with Crippen molar-refractivity contribution in [3.8, 4) is 11.8 Å². The molecule has 2 aliphatic rings. The van der Waals surface area contributed by atoms with E-state index in [4.69, 9.17) is 16.3 Å². The number of cyclic esters (lactones) is 1. The van der Waals surface area contributed by atoms with Crippen LogP contribution in [0.2, 0.25) is 5.02 Å². The smallest absolute Gasteiger partial charge is 0.413 e. The van der Waals surface area contributed by atoms with Crippen LogP contribution in [0.15, 0.2) is 12.1 Å². The number of benzene rings is 1. The third kappa shape index (κ3) is 2.75. The lowest BCUT2D eigenvalue weighted by atomic mass is 9.85. The zero-order valence-corrected chi connectivity index (χ0v) is 13.0. The summed E-state index contributed by atoms with van der Waals surface area (Å²) in [6.45, 7) is 0.275. The van der Waals surface area contributed by atoms with E-state index in [0.717, 1.165) is 12.8 Å². The molecule has 2 N–H and O–H groups in total. The summed E-state index contributed by atoms with van der Waals surface area (Å²) in [5.41, 5.74) is -1.98. The third-order valence-electron chi connectivity index (χ3n) is 3.87. The summed E-state index contributed by atoms with van der Waals surface area (Å²) in [6.07, 6.45) is 0.679. The van der Waals surface area contributed by atoms with Gasteiger partial charge in [-0.15, -0.1) is 0 Å². The van der Waals surface area contributed by atoms with Gasteiger partial charge in [0.25, 0.3) is 11.5 Å². The van der Waals surface area contributed by atoms with E-state index in [0.29, 0.717) is 12.5 Å². The number of anilines is 1. The van der Waals surface area contributed by atoms with E-state index >= 15 is 0 Å². The topological polar surface area (TPSA) is 58.6 Å². The second kappa shape index (κ2) is 5.36. The zero-order valence-electron chi connectivity index (χ0n) is 12.3. The fraction of sp³-hybridized carbons (Fsp3) is 0.438. The maximum Gasteiger partial charge on any atom is 0.413 e. The van der Waals surface area contributed by atoms with E-state index < -0.39 is 17.6 Å².